The van der Waals surface area contributed by atoms with Gasteiger partial charge in [0.25, 0.3) is 5.91 Å². The Morgan fingerprint density at radius 3 is 3.05 bits per heavy atom. The maximum Gasteiger partial charge on any atom is 0.251 e. The van der Waals surface area contributed by atoms with Crippen LogP contribution in [-0.2, 0) is 0 Å². The highest BCUT2D eigenvalue weighted by atomic mass is 19.1. The number of carbonyl (C=O) groups is 1. The fourth-order valence-electron chi connectivity index (χ4n) is 2.53. The topological polar surface area (TPSA) is 67.2 Å². The number of amides is 1. The van der Waals surface area contributed by atoms with Gasteiger partial charge in [0.05, 0.1) is 5.56 Å². The minimum atomic E-state index is -0.744. The molecule has 0 spiro atoms. The van der Waals surface area contributed by atoms with E-state index in [1.165, 1.54) is 25.0 Å². The first kappa shape index (κ1) is 13.8. The van der Waals surface area contributed by atoms with E-state index in [1.807, 2.05) is 0 Å². The number of anilines is 1. The summed E-state index contributed by atoms with van der Waals surface area (Å²) in [5.41, 5.74) is 5.78. The van der Waals surface area contributed by atoms with Crippen LogP contribution in [0.3, 0.4) is 0 Å². The average molecular weight is 265 g/mol. The van der Waals surface area contributed by atoms with E-state index in [4.69, 9.17) is 5.73 Å². The van der Waals surface area contributed by atoms with Crippen molar-refractivity contribution < 1.29 is 9.18 Å². The van der Waals surface area contributed by atoms with Gasteiger partial charge in [0.2, 0.25) is 0 Å². The lowest BCUT2D eigenvalue weighted by Crippen LogP contribution is -2.29. The van der Waals surface area contributed by atoms with Gasteiger partial charge in [-0.05, 0) is 50.9 Å². The largest absolute Gasteiger partial charge is 0.383 e. The van der Waals surface area contributed by atoms with Gasteiger partial charge in [-0.1, -0.05) is 0 Å². The molecule has 4 nitrogen and oxygen atoms in total. The smallest absolute Gasteiger partial charge is 0.251 e. The first-order valence-corrected chi connectivity index (χ1v) is 6.65. The molecular formula is C14H20FN3O. The molecule has 0 saturated carbocycles. The van der Waals surface area contributed by atoms with E-state index in [0.29, 0.717) is 6.04 Å². The summed E-state index contributed by atoms with van der Waals surface area (Å²) in [7, 11) is 0. The second-order valence-electron chi connectivity index (χ2n) is 5.13. The summed E-state index contributed by atoms with van der Waals surface area (Å²) < 4.78 is 13.3. The molecule has 0 bridgehead atoms. The fraction of sp³-hybridized carbons (Fsp3) is 0.500. The second kappa shape index (κ2) is 6.02. The molecule has 1 saturated heterocycles. The van der Waals surface area contributed by atoms with Crippen LogP contribution in [-0.4, -0.2) is 24.5 Å². The Hall–Kier alpha value is -1.62. The Morgan fingerprint density at radius 2 is 2.42 bits per heavy atom. The number of nitrogens with one attached hydrogen (secondary N) is 2. The Morgan fingerprint density at radius 1 is 1.63 bits per heavy atom. The molecule has 0 aromatic heterocycles. The van der Waals surface area contributed by atoms with Crippen molar-refractivity contribution in [2.45, 2.75) is 38.3 Å². The molecule has 2 rings (SSSR count). The first-order valence-electron chi connectivity index (χ1n) is 6.65. The van der Waals surface area contributed by atoms with Gasteiger partial charge in [0.1, 0.15) is 5.82 Å². The van der Waals surface area contributed by atoms with Crippen molar-refractivity contribution in [3.05, 3.63) is 29.6 Å². The Kier molecular flexibility index (Phi) is 4.37. The summed E-state index contributed by atoms with van der Waals surface area (Å²) in [6.07, 6.45) is 3.42. The van der Waals surface area contributed by atoms with E-state index in [2.05, 4.69) is 17.6 Å². The first-order chi connectivity index (χ1) is 9.06. The van der Waals surface area contributed by atoms with E-state index >= 15 is 0 Å². The second-order valence-corrected chi connectivity index (χ2v) is 5.13. The van der Waals surface area contributed by atoms with Crippen molar-refractivity contribution >= 4 is 11.6 Å². The maximum absolute atomic E-state index is 13.3. The van der Waals surface area contributed by atoms with Crippen LogP contribution in [0.4, 0.5) is 10.1 Å². The van der Waals surface area contributed by atoms with Crippen LogP contribution in [0.5, 0.6) is 0 Å². The summed E-state index contributed by atoms with van der Waals surface area (Å²) in [4.78, 5) is 11.1. The predicted octanol–water partition coefficient (Wildman–Crippen LogP) is 1.87. The summed E-state index contributed by atoms with van der Waals surface area (Å²) in [6, 6.07) is 5.15. The molecule has 104 valence electrons. The van der Waals surface area contributed by atoms with E-state index in [1.54, 1.807) is 6.07 Å². The van der Waals surface area contributed by atoms with Crippen LogP contribution >= 0.6 is 0 Å². The van der Waals surface area contributed by atoms with Gasteiger partial charge in [-0.3, -0.25) is 4.79 Å². The van der Waals surface area contributed by atoms with Crippen LogP contribution in [0, 0.1) is 5.82 Å². The molecule has 19 heavy (non-hydrogen) atoms. The van der Waals surface area contributed by atoms with E-state index < -0.39 is 11.7 Å². The molecule has 1 aliphatic heterocycles. The molecule has 4 N–H and O–H groups in total. The molecule has 0 aliphatic carbocycles. The van der Waals surface area contributed by atoms with Crippen LogP contribution in [0.2, 0.25) is 0 Å². The number of rotatable bonds is 5. The Bertz CT molecular complexity index is 458. The quantitative estimate of drug-likeness (QED) is 0.761. The van der Waals surface area contributed by atoms with E-state index in [-0.39, 0.29) is 11.6 Å². The van der Waals surface area contributed by atoms with Gasteiger partial charge in [0, 0.05) is 17.8 Å². The number of nitrogens with two attached hydrogens (primary N) is 1. The molecule has 2 atom stereocenters. The summed E-state index contributed by atoms with van der Waals surface area (Å²) in [6.45, 7) is 3.16. The average Bonchev–Trinajstić information content (AvgIpc) is 2.84. The lowest BCUT2D eigenvalue weighted by Gasteiger charge is -2.19. The van der Waals surface area contributed by atoms with Gasteiger partial charge >= 0.3 is 0 Å². The third-order valence-electron chi connectivity index (χ3n) is 3.45. The van der Waals surface area contributed by atoms with Gasteiger partial charge in [-0.2, -0.15) is 0 Å². The van der Waals surface area contributed by atoms with Crippen molar-refractivity contribution in [1.29, 1.82) is 0 Å². The number of halogens is 1. The zero-order valence-corrected chi connectivity index (χ0v) is 11.1. The van der Waals surface area contributed by atoms with Crippen LogP contribution < -0.4 is 16.4 Å². The highest BCUT2D eigenvalue weighted by molar-refractivity contribution is 5.94. The van der Waals surface area contributed by atoms with Crippen molar-refractivity contribution in [3.63, 3.8) is 0 Å². The normalized spacial score (nSPS) is 20.2. The van der Waals surface area contributed by atoms with Gasteiger partial charge in [-0.15, -0.1) is 0 Å². The monoisotopic (exact) mass is 265 g/mol. The summed E-state index contributed by atoms with van der Waals surface area (Å²) in [5, 5.41) is 6.71. The molecule has 1 fully saturated rings. The van der Waals surface area contributed by atoms with Gasteiger partial charge in [0.15, 0.2) is 0 Å². The van der Waals surface area contributed by atoms with Gasteiger partial charge in [-0.25, -0.2) is 4.39 Å². The van der Waals surface area contributed by atoms with Crippen molar-refractivity contribution in [3.8, 4) is 0 Å². The standard InChI is InChI=1S/C14H20FN3O/c1-9(7-10-3-2-6-17-10)18-11-4-5-13(15)12(8-11)14(16)19/h4-5,8-10,17-18H,2-3,6-7H2,1H3,(H2,16,19). The molecule has 5 heteroatoms. The number of benzene rings is 1. The third-order valence-corrected chi connectivity index (χ3v) is 3.45. The minimum absolute atomic E-state index is 0.0730. The summed E-state index contributed by atoms with van der Waals surface area (Å²) in [5.74, 6) is -1.32. The van der Waals surface area contributed by atoms with Gasteiger partial charge < -0.3 is 16.4 Å². The Labute approximate surface area is 112 Å². The molecule has 1 aliphatic rings. The van der Waals surface area contributed by atoms with Crippen molar-refractivity contribution in [2.75, 3.05) is 11.9 Å². The van der Waals surface area contributed by atoms with Crippen LogP contribution in [0.25, 0.3) is 0 Å². The highest BCUT2D eigenvalue weighted by Gasteiger charge is 2.17. The molecule has 1 aromatic carbocycles. The minimum Gasteiger partial charge on any atom is -0.383 e. The number of primary amides is 1. The fourth-order valence-corrected chi connectivity index (χ4v) is 2.53. The molecule has 2 unspecified atom stereocenters. The van der Waals surface area contributed by atoms with E-state index in [0.717, 1.165) is 18.7 Å². The number of carbonyl (C=O) groups excluding carboxylic acids is 1. The number of hydrogen-bond acceptors (Lipinski definition) is 3. The van der Waals surface area contributed by atoms with Crippen LogP contribution in [0.1, 0.15) is 36.5 Å². The zero-order valence-electron chi connectivity index (χ0n) is 11.1. The lowest BCUT2D eigenvalue weighted by molar-refractivity contribution is 0.0996. The molecule has 1 aromatic rings. The molecule has 1 heterocycles. The van der Waals surface area contributed by atoms with Crippen molar-refractivity contribution in [2.24, 2.45) is 5.73 Å². The number of hydrogen-bond donors (Lipinski definition) is 3. The van der Waals surface area contributed by atoms with Crippen molar-refractivity contribution in [1.82, 2.24) is 5.32 Å². The highest BCUT2D eigenvalue weighted by Crippen LogP contribution is 2.18. The molecular weight excluding hydrogens is 245 g/mol. The molecule has 1 amide bonds. The predicted molar refractivity (Wildman–Crippen MR) is 73.6 cm³/mol. The Balaban J connectivity index is 1.98. The third kappa shape index (κ3) is 3.67. The zero-order chi connectivity index (χ0) is 13.8. The lowest BCUT2D eigenvalue weighted by atomic mass is 10.1. The SMILES string of the molecule is CC(CC1CCCN1)Nc1ccc(F)c(C(N)=O)c1. The molecule has 0 radical (unpaired) electrons. The summed E-state index contributed by atoms with van der Waals surface area (Å²) >= 11 is 0. The van der Waals surface area contributed by atoms with Crippen LogP contribution in [0.15, 0.2) is 18.2 Å². The maximum atomic E-state index is 13.3. The van der Waals surface area contributed by atoms with E-state index in [9.17, 15) is 9.18 Å².